The van der Waals surface area contributed by atoms with Gasteiger partial charge in [0.05, 0.1) is 52.0 Å². The number of aromatic nitrogens is 2. The summed E-state index contributed by atoms with van der Waals surface area (Å²) in [6, 6.07) is 31.6. The lowest BCUT2D eigenvalue weighted by Crippen LogP contribution is -2.14. The molecular formula is C36H37N3O4. The first kappa shape index (κ1) is 28.7. The molecule has 7 nitrogen and oxygen atoms in total. The molecule has 0 amide bonds. The van der Waals surface area contributed by atoms with Crippen molar-refractivity contribution in [1.29, 1.82) is 0 Å². The molecule has 1 aromatic heterocycles. The topological polar surface area (TPSA) is 80.8 Å². The van der Waals surface area contributed by atoms with Crippen LogP contribution in [0.1, 0.15) is 11.1 Å². The van der Waals surface area contributed by atoms with Crippen LogP contribution in [0.15, 0.2) is 91.0 Å². The lowest BCUT2D eigenvalue weighted by atomic mass is 10.0. The van der Waals surface area contributed by atoms with Gasteiger partial charge in [0.15, 0.2) is 0 Å². The van der Waals surface area contributed by atoms with Gasteiger partial charge in [-0.25, -0.2) is 4.98 Å². The van der Waals surface area contributed by atoms with Crippen LogP contribution >= 0.6 is 0 Å². The van der Waals surface area contributed by atoms with Crippen molar-refractivity contribution in [1.82, 2.24) is 9.55 Å². The van der Waals surface area contributed by atoms with E-state index in [4.69, 9.17) is 29.7 Å². The van der Waals surface area contributed by atoms with Crippen LogP contribution in [-0.4, -0.2) is 56.7 Å². The molecule has 1 aliphatic rings. The van der Waals surface area contributed by atoms with Crippen LogP contribution in [0, 0.1) is 0 Å². The van der Waals surface area contributed by atoms with Crippen LogP contribution in [0.25, 0.3) is 45.0 Å². The summed E-state index contributed by atoms with van der Waals surface area (Å²) in [4.78, 5) is 5.34. The van der Waals surface area contributed by atoms with Crippen molar-refractivity contribution < 1.29 is 18.9 Å². The second kappa shape index (κ2) is 13.3. The minimum absolute atomic E-state index is 0.503. The van der Waals surface area contributed by atoms with Crippen LogP contribution in [-0.2, 0) is 22.4 Å². The summed E-state index contributed by atoms with van der Waals surface area (Å²) in [5, 5.41) is 0. The maximum atomic E-state index is 6.02. The highest BCUT2D eigenvalue weighted by molar-refractivity contribution is 5.85. The number of fused-ring (bicyclic) bond motifs is 3. The first-order chi connectivity index (χ1) is 21.2. The van der Waals surface area contributed by atoms with Gasteiger partial charge in [-0.15, -0.1) is 0 Å². The molecule has 4 aromatic carbocycles. The third-order valence-corrected chi connectivity index (χ3v) is 7.84. The van der Waals surface area contributed by atoms with E-state index in [0.29, 0.717) is 39.5 Å². The molecule has 1 heterocycles. The fourth-order valence-corrected chi connectivity index (χ4v) is 5.71. The van der Waals surface area contributed by atoms with Gasteiger partial charge >= 0.3 is 0 Å². The van der Waals surface area contributed by atoms with Crippen molar-refractivity contribution >= 4 is 0 Å². The average Bonchev–Trinajstić information content (AvgIpc) is 3.63. The number of nitrogens with two attached hydrogens (primary N) is 1. The summed E-state index contributed by atoms with van der Waals surface area (Å²) in [6.45, 7) is 3.18. The number of rotatable bonds is 13. The SMILES string of the molecule is COc1ccc(-c2nc(-c3ccc4c(c3)-c3ccccc3C4)n(CCOCCOCCN)c2-c2ccc(OC)cc2)cc1. The van der Waals surface area contributed by atoms with Crippen molar-refractivity contribution in [3.8, 4) is 56.5 Å². The molecule has 7 heteroatoms. The summed E-state index contributed by atoms with van der Waals surface area (Å²) < 4.78 is 24.7. The fraction of sp³-hybridized carbons (Fsp3) is 0.250. The maximum absolute atomic E-state index is 6.02. The number of methoxy groups -OCH3 is 2. The maximum Gasteiger partial charge on any atom is 0.141 e. The number of hydrogen-bond donors (Lipinski definition) is 1. The van der Waals surface area contributed by atoms with Gasteiger partial charge in [-0.3, -0.25) is 0 Å². The molecule has 0 aliphatic heterocycles. The largest absolute Gasteiger partial charge is 0.497 e. The standard InChI is InChI=1S/C36H37N3O4/c1-40-30-13-9-25(10-14-30)34-35(26-11-15-31(41-2)16-12-26)39(18-20-43-22-21-42-19-17-37)36(38-34)29-8-7-28-23-27-5-3-4-6-32(27)33(28)24-29/h3-16,24H,17-23,37H2,1-2H3. The Bertz CT molecular complexity index is 1680. The zero-order chi connectivity index (χ0) is 29.6. The summed E-state index contributed by atoms with van der Waals surface area (Å²) in [5.41, 5.74) is 15.9. The van der Waals surface area contributed by atoms with E-state index in [2.05, 4.69) is 71.3 Å². The van der Waals surface area contributed by atoms with E-state index < -0.39 is 0 Å². The fourth-order valence-electron chi connectivity index (χ4n) is 5.71. The molecule has 0 bridgehead atoms. The minimum atomic E-state index is 0.503. The van der Waals surface area contributed by atoms with E-state index in [1.54, 1.807) is 14.2 Å². The highest BCUT2D eigenvalue weighted by Crippen LogP contribution is 2.41. The van der Waals surface area contributed by atoms with Crippen LogP contribution in [0.2, 0.25) is 0 Å². The zero-order valence-corrected chi connectivity index (χ0v) is 24.7. The van der Waals surface area contributed by atoms with Crippen molar-refractivity contribution in [2.45, 2.75) is 13.0 Å². The summed E-state index contributed by atoms with van der Waals surface area (Å²) >= 11 is 0. The highest BCUT2D eigenvalue weighted by Gasteiger charge is 2.24. The van der Waals surface area contributed by atoms with Crippen molar-refractivity contribution in [3.63, 3.8) is 0 Å². The normalized spacial score (nSPS) is 11.8. The summed E-state index contributed by atoms with van der Waals surface area (Å²) in [7, 11) is 3.36. The summed E-state index contributed by atoms with van der Waals surface area (Å²) in [5.74, 6) is 2.50. The number of nitrogens with zero attached hydrogens (tertiary/aromatic N) is 2. The quantitative estimate of drug-likeness (QED) is 0.159. The molecule has 43 heavy (non-hydrogen) atoms. The molecule has 0 spiro atoms. The van der Waals surface area contributed by atoms with Crippen LogP contribution in [0.5, 0.6) is 11.5 Å². The Morgan fingerprint density at radius 1 is 0.674 bits per heavy atom. The van der Waals surface area contributed by atoms with Gasteiger partial charge in [0.25, 0.3) is 0 Å². The minimum Gasteiger partial charge on any atom is -0.497 e. The molecule has 0 unspecified atom stereocenters. The number of ether oxygens (including phenoxy) is 4. The van der Waals surface area contributed by atoms with Crippen LogP contribution in [0.3, 0.4) is 0 Å². The monoisotopic (exact) mass is 575 g/mol. The second-order valence-electron chi connectivity index (χ2n) is 10.5. The van der Waals surface area contributed by atoms with Gasteiger partial charge in [0.1, 0.15) is 17.3 Å². The first-order valence-electron chi connectivity index (χ1n) is 14.7. The van der Waals surface area contributed by atoms with Crippen LogP contribution in [0.4, 0.5) is 0 Å². The Labute approximate surface area is 252 Å². The van der Waals surface area contributed by atoms with Crippen molar-refractivity contribution in [2.24, 2.45) is 5.73 Å². The van der Waals surface area contributed by atoms with Gasteiger partial charge in [-0.2, -0.15) is 0 Å². The van der Waals surface area contributed by atoms with Gasteiger partial charge in [0, 0.05) is 29.8 Å². The Balaban J connectivity index is 1.46. The smallest absolute Gasteiger partial charge is 0.141 e. The Kier molecular flexibility index (Phi) is 8.84. The molecule has 6 rings (SSSR count). The van der Waals surface area contributed by atoms with E-state index in [-0.39, 0.29) is 0 Å². The number of benzene rings is 4. The molecule has 5 aromatic rings. The predicted molar refractivity (Wildman–Crippen MR) is 171 cm³/mol. The third kappa shape index (κ3) is 6.06. The van der Waals surface area contributed by atoms with Gasteiger partial charge < -0.3 is 29.2 Å². The van der Waals surface area contributed by atoms with Gasteiger partial charge in [0.2, 0.25) is 0 Å². The summed E-state index contributed by atoms with van der Waals surface area (Å²) in [6.07, 6.45) is 0.953. The molecule has 0 saturated carbocycles. The molecule has 0 fully saturated rings. The average molecular weight is 576 g/mol. The van der Waals surface area contributed by atoms with Gasteiger partial charge in [-0.1, -0.05) is 36.4 Å². The number of hydrogen-bond acceptors (Lipinski definition) is 6. The Hall–Kier alpha value is -4.43. The zero-order valence-electron chi connectivity index (χ0n) is 24.7. The third-order valence-electron chi connectivity index (χ3n) is 7.84. The van der Waals surface area contributed by atoms with Crippen LogP contribution < -0.4 is 15.2 Å². The lowest BCUT2D eigenvalue weighted by Gasteiger charge is -2.15. The molecular weight excluding hydrogens is 538 g/mol. The van der Waals surface area contributed by atoms with E-state index >= 15 is 0 Å². The lowest BCUT2D eigenvalue weighted by molar-refractivity contribution is 0.0479. The van der Waals surface area contributed by atoms with E-state index in [1.165, 1.54) is 22.3 Å². The molecule has 0 saturated heterocycles. The highest BCUT2D eigenvalue weighted by atomic mass is 16.5. The molecule has 0 atom stereocenters. The van der Waals surface area contributed by atoms with E-state index in [0.717, 1.165) is 51.8 Å². The van der Waals surface area contributed by atoms with Crippen molar-refractivity contribution in [3.05, 3.63) is 102 Å². The first-order valence-corrected chi connectivity index (χ1v) is 14.7. The Morgan fingerprint density at radius 2 is 1.30 bits per heavy atom. The Morgan fingerprint density at radius 3 is 2.00 bits per heavy atom. The molecule has 220 valence electrons. The molecule has 2 N–H and O–H groups in total. The van der Waals surface area contributed by atoms with E-state index in [1.807, 2.05) is 24.3 Å². The van der Waals surface area contributed by atoms with Crippen molar-refractivity contribution in [2.75, 3.05) is 47.2 Å². The van der Waals surface area contributed by atoms with E-state index in [9.17, 15) is 0 Å². The predicted octanol–water partition coefficient (Wildman–Crippen LogP) is 6.46. The number of imidazole rings is 1. The second-order valence-corrected chi connectivity index (χ2v) is 10.5. The van der Waals surface area contributed by atoms with Gasteiger partial charge in [-0.05, 0) is 83.3 Å². The molecule has 1 aliphatic carbocycles. The molecule has 0 radical (unpaired) electrons.